The highest BCUT2D eigenvalue weighted by Gasteiger charge is 2.12. The summed E-state index contributed by atoms with van der Waals surface area (Å²) < 4.78 is 5.80. The van der Waals surface area contributed by atoms with Gasteiger partial charge in [0.05, 0.1) is 0 Å². The maximum Gasteiger partial charge on any atom is 0.215 e. The van der Waals surface area contributed by atoms with E-state index in [1.807, 2.05) is 37.3 Å². The number of pyridine rings is 2. The van der Waals surface area contributed by atoms with Gasteiger partial charge in [-0.2, -0.15) is 4.98 Å². The lowest BCUT2D eigenvalue weighted by Gasteiger charge is -2.28. The largest absolute Gasteiger partial charge is 0.473 e. The monoisotopic (exact) mass is 284 g/mol. The first kappa shape index (κ1) is 13.8. The Balaban J connectivity index is 1.65. The van der Waals surface area contributed by atoms with E-state index in [1.54, 1.807) is 6.20 Å². The Morgan fingerprint density at radius 3 is 2.90 bits per heavy atom. The van der Waals surface area contributed by atoms with Gasteiger partial charge in [0.2, 0.25) is 5.88 Å². The molecule has 1 aliphatic rings. The van der Waals surface area contributed by atoms with Crippen molar-refractivity contribution in [3.63, 3.8) is 0 Å². The van der Waals surface area contributed by atoms with Crippen LogP contribution in [0.15, 0.2) is 36.5 Å². The molecular formula is C16H20N4O. The minimum absolute atomic E-state index is 0.515. The van der Waals surface area contributed by atoms with Gasteiger partial charge in [-0.25, -0.2) is 0 Å². The number of nitrogens with one attached hydrogen (secondary N) is 1. The van der Waals surface area contributed by atoms with Crippen LogP contribution in [0.3, 0.4) is 0 Å². The fraction of sp³-hybridized carbons (Fsp3) is 0.375. The molecule has 2 aromatic heterocycles. The molecule has 0 unspecified atom stereocenters. The van der Waals surface area contributed by atoms with Crippen molar-refractivity contribution < 1.29 is 4.74 Å². The summed E-state index contributed by atoms with van der Waals surface area (Å²) in [6.45, 7) is 6.47. The fourth-order valence-electron chi connectivity index (χ4n) is 2.41. The van der Waals surface area contributed by atoms with Gasteiger partial charge in [-0.15, -0.1) is 0 Å². The van der Waals surface area contributed by atoms with Gasteiger partial charge >= 0.3 is 0 Å². The predicted octanol–water partition coefficient (Wildman–Crippen LogP) is 1.77. The number of rotatable bonds is 4. The molecule has 5 nitrogen and oxygen atoms in total. The van der Waals surface area contributed by atoms with Crippen LogP contribution >= 0.6 is 0 Å². The lowest BCUT2D eigenvalue weighted by molar-refractivity contribution is 0.293. The molecule has 0 saturated carbocycles. The summed E-state index contributed by atoms with van der Waals surface area (Å²) in [4.78, 5) is 11.1. The number of aromatic nitrogens is 2. The van der Waals surface area contributed by atoms with Gasteiger partial charge in [-0.1, -0.05) is 6.07 Å². The summed E-state index contributed by atoms with van der Waals surface area (Å²) in [5.41, 5.74) is 2.11. The lowest BCUT2D eigenvalue weighted by atomic mass is 10.2. The number of piperazine rings is 1. The van der Waals surface area contributed by atoms with Crippen molar-refractivity contribution in [3.05, 3.63) is 47.8 Å². The summed E-state index contributed by atoms with van der Waals surface area (Å²) in [7, 11) is 0. The Labute approximate surface area is 125 Å². The molecule has 2 aromatic rings. The van der Waals surface area contributed by atoms with Crippen molar-refractivity contribution in [1.82, 2.24) is 15.3 Å². The van der Waals surface area contributed by atoms with Gasteiger partial charge < -0.3 is 15.0 Å². The molecule has 0 radical (unpaired) electrons. The topological polar surface area (TPSA) is 50.3 Å². The number of ether oxygens (including phenoxy) is 1. The molecule has 21 heavy (non-hydrogen) atoms. The summed E-state index contributed by atoms with van der Waals surface area (Å²) in [5, 5.41) is 3.34. The lowest BCUT2D eigenvalue weighted by Crippen LogP contribution is -2.43. The maximum atomic E-state index is 5.80. The second kappa shape index (κ2) is 6.54. The quantitative estimate of drug-likeness (QED) is 0.927. The van der Waals surface area contributed by atoms with Gasteiger partial charge in [-0.05, 0) is 30.7 Å². The number of aryl methyl sites for hydroxylation is 1. The van der Waals surface area contributed by atoms with Crippen LogP contribution in [0.1, 0.15) is 11.3 Å². The molecule has 110 valence electrons. The molecule has 1 N–H and O–H groups in total. The van der Waals surface area contributed by atoms with E-state index < -0.39 is 0 Å². The van der Waals surface area contributed by atoms with Crippen molar-refractivity contribution in [3.8, 4) is 5.88 Å². The second-order valence-corrected chi connectivity index (χ2v) is 5.17. The number of nitrogens with zero attached hydrogens (tertiary/aromatic N) is 3. The SMILES string of the molecule is Cc1cc(COc2cccc(N3CCNCC3)n2)ccn1. The van der Waals surface area contributed by atoms with E-state index in [0.717, 1.165) is 43.3 Å². The third-order valence-corrected chi connectivity index (χ3v) is 3.50. The molecule has 0 atom stereocenters. The van der Waals surface area contributed by atoms with Crippen LogP contribution in [-0.2, 0) is 6.61 Å². The van der Waals surface area contributed by atoms with Crippen LogP contribution in [0, 0.1) is 6.92 Å². The maximum absolute atomic E-state index is 5.80. The van der Waals surface area contributed by atoms with Gasteiger partial charge in [0.1, 0.15) is 12.4 Å². The average molecular weight is 284 g/mol. The first-order valence-corrected chi connectivity index (χ1v) is 7.28. The predicted molar refractivity (Wildman–Crippen MR) is 82.6 cm³/mol. The molecule has 3 heterocycles. The highest BCUT2D eigenvalue weighted by atomic mass is 16.5. The zero-order valence-corrected chi connectivity index (χ0v) is 12.2. The molecule has 0 aliphatic carbocycles. The Kier molecular flexibility index (Phi) is 4.31. The highest BCUT2D eigenvalue weighted by Crippen LogP contribution is 2.17. The van der Waals surface area contributed by atoms with Crippen molar-refractivity contribution in [2.75, 3.05) is 31.1 Å². The average Bonchev–Trinajstić information content (AvgIpc) is 2.54. The third-order valence-electron chi connectivity index (χ3n) is 3.50. The van der Waals surface area contributed by atoms with Gasteiger partial charge in [-0.3, -0.25) is 4.98 Å². The van der Waals surface area contributed by atoms with Crippen molar-refractivity contribution in [1.29, 1.82) is 0 Å². The highest BCUT2D eigenvalue weighted by molar-refractivity contribution is 5.41. The minimum atomic E-state index is 0.515. The molecule has 1 aliphatic heterocycles. The standard InChI is InChI=1S/C16H20N4O/c1-13-11-14(5-6-18-13)12-21-16-4-2-3-15(19-16)20-9-7-17-8-10-20/h2-6,11,17H,7-10,12H2,1H3. The number of hydrogen-bond acceptors (Lipinski definition) is 5. The van der Waals surface area contributed by atoms with E-state index in [2.05, 4.69) is 20.2 Å². The van der Waals surface area contributed by atoms with Crippen LogP contribution in [0.5, 0.6) is 5.88 Å². The number of anilines is 1. The second-order valence-electron chi connectivity index (χ2n) is 5.17. The van der Waals surface area contributed by atoms with Crippen molar-refractivity contribution in [2.24, 2.45) is 0 Å². The van der Waals surface area contributed by atoms with Crippen molar-refractivity contribution in [2.45, 2.75) is 13.5 Å². The van der Waals surface area contributed by atoms with Gasteiger partial charge in [0.15, 0.2) is 0 Å². The first-order valence-electron chi connectivity index (χ1n) is 7.28. The summed E-state index contributed by atoms with van der Waals surface area (Å²) >= 11 is 0. The Hall–Kier alpha value is -2.14. The zero-order chi connectivity index (χ0) is 14.5. The van der Waals surface area contributed by atoms with E-state index >= 15 is 0 Å². The van der Waals surface area contributed by atoms with Crippen molar-refractivity contribution >= 4 is 5.82 Å². The van der Waals surface area contributed by atoms with E-state index in [0.29, 0.717) is 12.5 Å². The summed E-state index contributed by atoms with van der Waals surface area (Å²) in [6.07, 6.45) is 1.80. The Bertz CT molecular complexity index is 596. The molecule has 5 heteroatoms. The Morgan fingerprint density at radius 1 is 1.24 bits per heavy atom. The van der Waals surface area contributed by atoms with E-state index in [1.165, 1.54) is 0 Å². The molecule has 0 bridgehead atoms. The van der Waals surface area contributed by atoms with E-state index in [9.17, 15) is 0 Å². The third kappa shape index (κ3) is 3.70. The molecule has 0 spiro atoms. The van der Waals surface area contributed by atoms with E-state index in [-0.39, 0.29) is 0 Å². The zero-order valence-electron chi connectivity index (χ0n) is 12.2. The summed E-state index contributed by atoms with van der Waals surface area (Å²) in [5.74, 6) is 1.65. The smallest absolute Gasteiger partial charge is 0.215 e. The molecule has 1 saturated heterocycles. The molecular weight excluding hydrogens is 264 g/mol. The van der Waals surface area contributed by atoms with Crippen LogP contribution in [-0.4, -0.2) is 36.1 Å². The molecule has 1 fully saturated rings. The minimum Gasteiger partial charge on any atom is -0.473 e. The van der Waals surface area contributed by atoms with Crippen LogP contribution in [0.4, 0.5) is 5.82 Å². The van der Waals surface area contributed by atoms with Gasteiger partial charge in [0, 0.05) is 44.1 Å². The van der Waals surface area contributed by atoms with E-state index in [4.69, 9.17) is 4.74 Å². The number of hydrogen-bond donors (Lipinski definition) is 1. The Morgan fingerprint density at radius 2 is 2.10 bits per heavy atom. The fourth-order valence-corrected chi connectivity index (χ4v) is 2.41. The van der Waals surface area contributed by atoms with Crippen LogP contribution < -0.4 is 15.0 Å². The van der Waals surface area contributed by atoms with Gasteiger partial charge in [0.25, 0.3) is 0 Å². The summed E-state index contributed by atoms with van der Waals surface area (Å²) in [6, 6.07) is 9.93. The van der Waals surface area contributed by atoms with Crippen LogP contribution in [0.25, 0.3) is 0 Å². The first-order chi connectivity index (χ1) is 10.3. The molecule has 3 rings (SSSR count). The molecule has 0 amide bonds. The van der Waals surface area contributed by atoms with Crippen LogP contribution in [0.2, 0.25) is 0 Å². The molecule has 0 aromatic carbocycles. The normalized spacial score (nSPS) is 15.0.